The zero-order valence-corrected chi connectivity index (χ0v) is 6.43. The van der Waals surface area contributed by atoms with Crippen molar-refractivity contribution in [1.82, 2.24) is 9.62 Å². The van der Waals surface area contributed by atoms with Crippen LogP contribution in [0.3, 0.4) is 0 Å². The third-order valence-corrected chi connectivity index (χ3v) is 2.11. The number of hydrogen-bond acceptors (Lipinski definition) is 3. The molecule has 10 heavy (non-hydrogen) atoms. The molecule has 0 saturated carbocycles. The van der Waals surface area contributed by atoms with Crippen molar-refractivity contribution in [1.29, 1.82) is 0 Å². The fraction of sp³-hybridized carbons (Fsp3) is 0. The van der Waals surface area contributed by atoms with Crippen molar-refractivity contribution in [2.75, 3.05) is 0 Å². The maximum atomic E-state index is 10.5. The summed E-state index contributed by atoms with van der Waals surface area (Å²) in [4.78, 5) is 0. The van der Waals surface area contributed by atoms with Crippen LogP contribution in [0.2, 0.25) is 0 Å². The van der Waals surface area contributed by atoms with Gasteiger partial charge in [-0.1, -0.05) is 0 Å². The van der Waals surface area contributed by atoms with Crippen LogP contribution in [0.1, 0.15) is 0 Å². The van der Waals surface area contributed by atoms with Crippen molar-refractivity contribution in [2.24, 2.45) is 0 Å². The minimum atomic E-state index is -3.63. The van der Waals surface area contributed by atoms with E-state index in [-0.39, 0.29) is 0 Å². The van der Waals surface area contributed by atoms with Gasteiger partial charge in [-0.3, -0.25) is 0 Å². The quantitative estimate of drug-likeness (QED) is 0.592. The summed E-state index contributed by atoms with van der Waals surface area (Å²) in [6.45, 7) is 0. The predicted molar refractivity (Wildman–Crippen MR) is 38.0 cm³/mol. The molecule has 1 aliphatic heterocycles. The van der Waals surface area contributed by atoms with Crippen LogP contribution in [0, 0.1) is 0 Å². The monoisotopic (exact) mass is 180 g/mol. The number of hydrogen-bond donors (Lipinski definition) is 1. The molecule has 0 atom stereocenters. The summed E-state index contributed by atoms with van der Waals surface area (Å²) in [5.74, 6) is 0. The fourth-order valence-corrected chi connectivity index (χ4v) is 1.17. The summed E-state index contributed by atoms with van der Waals surface area (Å²) in [5.41, 5.74) is 0. The van der Waals surface area contributed by atoms with Crippen molar-refractivity contribution >= 4 is 19.9 Å². The minimum absolute atomic E-state index is 0.894. The molecule has 1 aliphatic rings. The van der Waals surface area contributed by atoms with Crippen LogP contribution >= 0.6 is 10.7 Å². The van der Waals surface area contributed by atoms with Crippen LogP contribution in [0.5, 0.6) is 0 Å². The van der Waals surface area contributed by atoms with Gasteiger partial charge in [0.25, 0.3) is 0 Å². The van der Waals surface area contributed by atoms with E-state index >= 15 is 0 Å². The van der Waals surface area contributed by atoms with E-state index in [4.69, 9.17) is 10.7 Å². The van der Waals surface area contributed by atoms with Gasteiger partial charge in [-0.2, -0.15) is 8.42 Å². The van der Waals surface area contributed by atoms with Gasteiger partial charge in [0.15, 0.2) is 0 Å². The largest absolute Gasteiger partial charge is 0.365 e. The molecule has 0 aliphatic carbocycles. The van der Waals surface area contributed by atoms with Gasteiger partial charge >= 0.3 is 9.24 Å². The molecule has 0 aromatic heterocycles. The Balaban J connectivity index is 2.84. The molecule has 1 N–H and O–H groups in total. The van der Waals surface area contributed by atoms with Crippen molar-refractivity contribution in [3.63, 3.8) is 0 Å². The van der Waals surface area contributed by atoms with Crippen molar-refractivity contribution < 1.29 is 8.42 Å². The van der Waals surface area contributed by atoms with Crippen LogP contribution < -0.4 is 5.32 Å². The zero-order chi connectivity index (χ0) is 7.61. The van der Waals surface area contributed by atoms with Gasteiger partial charge in [-0.05, 0) is 0 Å². The molecule has 0 aromatic carbocycles. The highest BCUT2D eigenvalue weighted by Gasteiger charge is 2.11. The van der Waals surface area contributed by atoms with E-state index in [9.17, 15) is 8.42 Å². The van der Waals surface area contributed by atoms with Gasteiger partial charge in [-0.15, -0.1) is 0 Å². The average molecular weight is 181 g/mol. The van der Waals surface area contributed by atoms with Gasteiger partial charge in [0.05, 0.1) is 0 Å². The molecular weight excluding hydrogens is 176 g/mol. The molecule has 0 amide bonds. The van der Waals surface area contributed by atoms with E-state index in [2.05, 4.69) is 5.32 Å². The lowest BCUT2D eigenvalue weighted by molar-refractivity contribution is 0.566. The normalized spacial score (nSPS) is 17.1. The molecule has 4 nitrogen and oxygen atoms in total. The first-order chi connectivity index (χ1) is 4.61. The van der Waals surface area contributed by atoms with Gasteiger partial charge in [-0.25, -0.2) is 4.31 Å². The second-order valence-electron chi connectivity index (χ2n) is 1.57. The van der Waals surface area contributed by atoms with Crippen LogP contribution in [-0.2, 0) is 9.24 Å². The minimum Gasteiger partial charge on any atom is -0.365 e. The Bertz CT molecular complexity index is 257. The Morgan fingerprint density at radius 1 is 1.30 bits per heavy atom. The number of nitrogens with zero attached hydrogens (tertiary/aromatic N) is 1. The number of rotatable bonds is 1. The lowest BCUT2D eigenvalue weighted by atomic mass is 10.7. The summed E-state index contributed by atoms with van der Waals surface area (Å²) < 4.78 is 22.0. The summed E-state index contributed by atoms with van der Waals surface area (Å²) in [6, 6.07) is 0. The van der Waals surface area contributed by atoms with Crippen molar-refractivity contribution in [3.05, 3.63) is 24.8 Å². The molecule has 0 saturated heterocycles. The highest BCUT2D eigenvalue weighted by atomic mass is 35.7. The Labute approximate surface area is 63.3 Å². The lowest BCUT2D eigenvalue weighted by Crippen LogP contribution is -2.18. The summed E-state index contributed by atoms with van der Waals surface area (Å²) in [5, 5.41) is 2.66. The second-order valence-corrected chi connectivity index (χ2v) is 3.99. The van der Waals surface area contributed by atoms with Crippen molar-refractivity contribution in [2.45, 2.75) is 0 Å². The Hall–Kier alpha value is -0.680. The first kappa shape index (κ1) is 7.43. The molecule has 1 heterocycles. The summed E-state index contributed by atoms with van der Waals surface area (Å²) >= 11 is 0. The molecule has 6 heteroatoms. The fourth-order valence-electron chi connectivity index (χ4n) is 0.484. The van der Waals surface area contributed by atoms with Gasteiger partial charge in [0.2, 0.25) is 0 Å². The maximum Gasteiger partial charge on any atom is 0.325 e. The molecule has 0 unspecified atom stereocenters. The van der Waals surface area contributed by atoms with Crippen LogP contribution in [0.15, 0.2) is 24.8 Å². The Kier molecular flexibility index (Phi) is 1.87. The molecular formula is C4H5ClN2O2S. The number of nitrogens with one attached hydrogen (secondary N) is 1. The zero-order valence-electron chi connectivity index (χ0n) is 4.86. The highest BCUT2D eigenvalue weighted by molar-refractivity contribution is 8.12. The number of halogens is 1. The first-order valence-corrected chi connectivity index (χ1v) is 4.70. The molecule has 0 radical (unpaired) electrons. The Morgan fingerprint density at radius 2 is 1.80 bits per heavy atom. The summed E-state index contributed by atoms with van der Waals surface area (Å²) in [7, 11) is 1.35. The third kappa shape index (κ3) is 1.65. The molecule has 0 bridgehead atoms. The molecule has 1 rings (SSSR count). The van der Waals surface area contributed by atoms with Gasteiger partial charge in [0.1, 0.15) is 0 Å². The van der Waals surface area contributed by atoms with Crippen LogP contribution in [-0.4, -0.2) is 12.7 Å². The maximum absolute atomic E-state index is 10.5. The van der Waals surface area contributed by atoms with Crippen LogP contribution in [0.4, 0.5) is 0 Å². The average Bonchev–Trinajstić information content (AvgIpc) is 1.88. The van der Waals surface area contributed by atoms with E-state index < -0.39 is 9.24 Å². The summed E-state index contributed by atoms with van der Waals surface area (Å²) in [6.07, 6.45) is 5.53. The van der Waals surface area contributed by atoms with E-state index in [0.717, 1.165) is 4.31 Å². The molecule has 56 valence electrons. The van der Waals surface area contributed by atoms with E-state index in [0.29, 0.717) is 0 Å². The Morgan fingerprint density at radius 3 is 2.10 bits per heavy atom. The lowest BCUT2D eigenvalue weighted by Gasteiger charge is -2.12. The molecule has 0 aromatic rings. The van der Waals surface area contributed by atoms with Gasteiger partial charge < -0.3 is 5.32 Å². The topological polar surface area (TPSA) is 49.4 Å². The van der Waals surface area contributed by atoms with Gasteiger partial charge in [0, 0.05) is 35.5 Å². The van der Waals surface area contributed by atoms with Crippen LogP contribution in [0.25, 0.3) is 0 Å². The standard InChI is InChI=1S/C4H5ClN2O2S/c5-10(8,9)7-3-1-6-2-4-7/h1-4,6H. The second kappa shape index (κ2) is 2.51. The first-order valence-electron chi connectivity index (χ1n) is 2.43. The smallest absolute Gasteiger partial charge is 0.325 e. The van der Waals surface area contributed by atoms with Crippen molar-refractivity contribution in [3.8, 4) is 0 Å². The third-order valence-electron chi connectivity index (χ3n) is 0.887. The van der Waals surface area contributed by atoms with E-state index in [1.165, 1.54) is 24.8 Å². The SMILES string of the molecule is O=S(=O)(Cl)N1C=CNC=C1. The predicted octanol–water partition coefficient (Wildman–Crippen LogP) is 0.318. The molecule has 0 fully saturated rings. The molecule has 0 spiro atoms. The highest BCUT2D eigenvalue weighted by Crippen LogP contribution is 2.08. The van der Waals surface area contributed by atoms with E-state index in [1.807, 2.05) is 0 Å². The van der Waals surface area contributed by atoms with E-state index in [1.54, 1.807) is 0 Å².